The maximum absolute atomic E-state index is 14.3. The van der Waals surface area contributed by atoms with Crippen molar-refractivity contribution in [2.45, 2.75) is 52.9 Å². The fourth-order valence-electron chi connectivity index (χ4n) is 6.31. The van der Waals surface area contributed by atoms with E-state index in [0.717, 1.165) is 16.8 Å². The molecular weight excluding hydrogens is 466 g/mol. The lowest BCUT2D eigenvalue weighted by Crippen LogP contribution is -2.55. The van der Waals surface area contributed by atoms with Gasteiger partial charge in [-0.1, -0.05) is 49.7 Å². The predicted molar refractivity (Wildman–Crippen MR) is 143 cm³/mol. The molecule has 7 nitrogen and oxygen atoms in total. The van der Waals surface area contributed by atoms with E-state index in [9.17, 15) is 14.4 Å². The van der Waals surface area contributed by atoms with Crippen LogP contribution in [0.2, 0.25) is 0 Å². The maximum Gasteiger partial charge on any atom is 0.339 e. The maximum atomic E-state index is 14.3. The monoisotopic (exact) mass is 499 g/mol. The van der Waals surface area contributed by atoms with Gasteiger partial charge in [0.15, 0.2) is 5.78 Å². The molecule has 1 amide bonds. The highest BCUT2D eigenvalue weighted by atomic mass is 16.5. The van der Waals surface area contributed by atoms with E-state index < -0.39 is 11.4 Å². The Kier molecular flexibility index (Phi) is 5.59. The molecule has 2 aromatic carbocycles. The molecule has 5 rings (SSSR count). The molecule has 1 aliphatic carbocycles. The minimum atomic E-state index is -1.67. The number of nitrogens with zero attached hydrogens (tertiary/aromatic N) is 2. The summed E-state index contributed by atoms with van der Waals surface area (Å²) in [5.41, 5.74) is 9.93. The molecule has 2 aromatic rings. The SMILES string of the molecule is CCOC(=O)C1=C(N)N(c2ccc(C)cc2C)C2=C(C(=O)CC(C)(C)C2)C12C(=O)N(C)c1ccccc12. The number of carbonyl (C=O) groups excluding carboxylic acids is 3. The van der Waals surface area contributed by atoms with E-state index in [0.29, 0.717) is 28.9 Å². The number of fused-ring (bicyclic) bond motifs is 3. The topological polar surface area (TPSA) is 92.9 Å². The zero-order chi connectivity index (χ0) is 26.9. The van der Waals surface area contributed by atoms with Crippen LogP contribution < -0.4 is 15.5 Å². The van der Waals surface area contributed by atoms with Crippen LogP contribution in [0, 0.1) is 19.3 Å². The van der Waals surface area contributed by atoms with E-state index in [1.165, 1.54) is 4.90 Å². The van der Waals surface area contributed by atoms with Gasteiger partial charge in [0.05, 0.1) is 12.3 Å². The van der Waals surface area contributed by atoms with Crippen LogP contribution in [-0.4, -0.2) is 31.3 Å². The van der Waals surface area contributed by atoms with Gasteiger partial charge in [-0.2, -0.15) is 0 Å². The first-order valence-corrected chi connectivity index (χ1v) is 12.6. The second-order valence-electron chi connectivity index (χ2n) is 11.0. The van der Waals surface area contributed by atoms with Gasteiger partial charge in [0.25, 0.3) is 0 Å². The molecule has 2 N–H and O–H groups in total. The molecule has 1 unspecified atom stereocenters. The molecular formula is C30H33N3O4. The van der Waals surface area contributed by atoms with E-state index in [4.69, 9.17) is 10.5 Å². The summed E-state index contributed by atoms with van der Waals surface area (Å²) in [6.07, 6.45) is 0.766. The lowest BCUT2D eigenvalue weighted by atomic mass is 9.60. The molecule has 1 atom stereocenters. The number of nitrogens with two attached hydrogens (primary N) is 1. The second-order valence-corrected chi connectivity index (χ2v) is 11.0. The van der Waals surface area contributed by atoms with Crippen molar-refractivity contribution in [3.8, 4) is 0 Å². The number of benzene rings is 2. The first kappa shape index (κ1) is 24.8. The number of rotatable bonds is 3. The summed E-state index contributed by atoms with van der Waals surface area (Å²) in [5, 5.41) is 0. The molecule has 0 radical (unpaired) electrons. The van der Waals surface area contributed by atoms with E-state index in [1.807, 2.05) is 75.1 Å². The molecule has 3 aliphatic rings. The van der Waals surface area contributed by atoms with Crippen molar-refractivity contribution in [2.24, 2.45) is 11.1 Å². The number of esters is 1. The van der Waals surface area contributed by atoms with E-state index in [2.05, 4.69) is 0 Å². The van der Waals surface area contributed by atoms with Crippen LogP contribution >= 0.6 is 0 Å². The lowest BCUT2D eigenvalue weighted by molar-refractivity contribution is -0.140. The van der Waals surface area contributed by atoms with Gasteiger partial charge in [-0.05, 0) is 50.3 Å². The molecule has 37 heavy (non-hydrogen) atoms. The van der Waals surface area contributed by atoms with Crippen molar-refractivity contribution >= 4 is 29.0 Å². The molecule has 0 bridgehead atoms. The number of aryl methyl sites for hydroxylation is 2. The Balaban J connectivity index is 1.95. The summed E-state index contributed by atoms with van der Waals surface area (Å²) in [6.45, 7) is 9.88. The summed E-state index contributed by atoms with van der Waals surface area (Å²) in [7, 11) is 1.67. The van der Waals surface area contributed by atoms with Crippen molar-refractivity contribution in [2.75, 3.05) is 23.5 Å². The van der Waals surface area contributed by atoms with Crippen molar-refractivity contribution < 1.29 is 19.1 Å². The molecule has 1 spiro atoms. The quantitative estimate of drug-likeness (QED) is 0.629. The van der Waals surface area contributed by atoms with Gasteiger partial charge in [0, 0.05) is 36.0 Å². The number of anilines is 2. The van der Waals surface area contributed by atoms with Crippen molar-refractivity contribution in [3.05, 3.63) is 81.8 Å². The third kappa shape index (κ3) is 3.36. The van der Waals surface area contributed by atoms with Gasteiger partial charge >= 0.3 is 5.97 Å². The zero-order valence-electron chi connectivity index (χ0n) is 22.3. The Hall–Kier alpha value is -3.87. The largest absolute Gasteiger partial charge is 0.462 e. The first-order chi connectivity index (χ1) is 17.5. The highest BCUT2D eigenvalue weighted by molar-refractivity contribution is 6.24. The van der Waals surface area contributed by atoms with Gasteiger partial charge < -0.3 is 15.4 Å². The molecule has 192 valence electrons. The number of hydrogen-bond acceptors (Lipinski definition) is 6. The second kappa shape index (κ2) is 8.33. The average molecular weight is 500 g/mol. The standard InChI is InChI=1S/C30H33N3O4/c1-7-37-27(35)25-26(31)33(20-13-12-17(2)14-18(20)3)22-15-29(4,5)16-23(34)24(22)30(25)19-10-8-9-11-21(19)32(6)28(30)36/h8-14H,7,15-16,31H2,1-6H3. The zero-order valence-corrected chi connectivity index (χ0v) is 22.3. The molecule has 0 fully saturated rings. The summed E-state index contributed by atoms with van der Waals surface area (Å²) in [5.74, 6) is -1.11. The van der Waals surface area contributed by atoms with Gasteiger partial charge in [0.1, 0.15) is 16.8 Å². The number of carbonyl (C=O) groups is 3. The van der Waals surface area contributed by atoms with Crippen molar-refractivity contribution in [1.82, 2.24) is 0 Å². The van der Waals surface area contributed by atoms with Crippen LogP contribution in [0.5, 0.6) is 0 Å². The van der Waals surface area contributed by atoms with Gasteiger partial charge in [-0.15, -0.1) is 0 Å². The number of hydrogen-bond donors (Lipinski definition) is 1. The third-order valence-corrected chi connectivity index (χ3v) is 7.74. The van der Waals surface area contributed by atoms with Gasteiger partial charge in [0.2, 0.25) is 5.91 Å². The van der Waals surface area contributed by atoms with Crippen LogP contribution in [0.25, 0.3) is 0 Å². The fraction of sp³-hybridized carbons (Fsp3) is 0.367. The van der Waals surface area contributed by atoms with Gasteiger partial charge in [-0.3, -0.25) is 14.5 Å². The average Bonchev–Trinajstić information content (AvgIpc) is 3.02. The molecule has 0 saturated heterocycles. The Labute approximate surface area is 217 Å². The Morgan fingerprint density at radius 1 is 1.05 bits per heavy atom. The van der Waals surface area contributed by atoms with E-state index in [1.54, 1.807) is 14.0 Å². The molecule has 2 heterocycles. The van der Waals surface area contributed by atoms with Crippen LogP contribution in [0.3, 0.4) is 0 Å². The Bertz CT molecular complexity index is 1430. The fourth-order valence-corrected chi connectivity index (χ4v) is 6.31. The number of ether oxygens (including phenoxy) is 1. The lowest BCUT2D eigenvalue weighted by Gasteiger charge is -2.47. The van der Waals surface area contributed by atoms with Crippen molar-refractivity contribution in [3.63, 3.8) is 0 Å². The summed E-state index contributed by atoms with van der Waals surface area (Å²) in [6, 6.07) is 13.3. The first-order valence-electron chi connectivity index (χ1n) is 12.6. The van der Waals surface area contributed by atoms with Gasteiger partial charge in [-0.25, -0.2) is 4.79 Å². The third-order valence-electron chi connectivity index (χ3n) is 7.74. The number of amides is 1. The number of allylic oxidation sites excluding steroid dienone is 1. The molecule has 0 aromatic heterocycles. The van der Waals surface area contributed by atoms with E-state index in [-0.39, 0.29) is 41.5 Å². The molecule has 2 aliphatic heterocycles. The number of ketones is 1. The smallest absolute Gasteiger partial charge is 0.339 e. The van der Waals surface area contributed by atoms with Crippen LogP contribution in [-0.2, 0) is 24.5 Å². The number of Topliss-reactive ketones (excluding diaryl/α,β-unsaturated/α-hetero) is 1. The normalized spacial score (nSPS) is 22.5. The Morgan fingerprint density at radius 2 is 1.76 bits per heavy atom. The molecule has 7 heteroatoms. The van der Waals surface area contributed by atoms with Crippen LogP contribution in [0.15, 0.2) is 65.1 Å². The number of para-hydroxylation sites is 1. The minimum Gasteiger partial charge on any atom is -0.462 e. The highest BCUT2D eigenvalue weighted by Crippen LogP contribution is 2.58. The minimum absolute atomic E-state index is 0.00271. The predicted octanol–water partition coefficient (Wildman–Crippen LogP) is 4.41. The van der Waals surface area contributed by atoms with E-state index >= 15 is 0 Å². The summed E-state index contributed by atoms with van der Waals surface area (Å²) < 4.78 is 5.52. The summed E-state index contributed by atoms with van der Waals surface area (Å²) in [4.78, 5) is 45.6. The van der Waals surface area contributed by atoms with Crippen LogP contribution in [0.1, 0.15) is 50.3 Å². The van der Waals surface area contributed by atoms with Crippen molar-refractivity contribution in [1.29, 1.82) is 0 Å². The van der Waals surface area contributed by atoms with Crippen LogP contribution in [0.4, 0.5) is 11.4 Å². The highest BCUT2D eigenvalue weighted by Gasteiger charge is 2.64. The Morgan fingerprint density at radius 3 is 2.43 bits per heavy atom. The summed E-state index contributed by atoms with van der Waals surface area (Å²) >= 11 is 0. The number of likely N-dealkylation sites (N-methyl/N-ethyl adjacent to an activating group) is 1. The molecule has 0 saturated carbocycles.